The van der Waals surface area contributed by atoms with Gasteiger partial charge in [-0.05, 0) is 43.0 Å². The lowest BCUT2D eigenvalue weighted by Gasteiger charge is -2.26. The maximum absolute atomic E-state index is 14.4. The van der Waals surface area contributed by atoms with Crippen LogP contribution in [0.2, 0.25) is 0 Å². The molecule has 0 bridgehead atoms. The Hall–Kier alpha value is -3.27. The molecule has 1 aromatic carbocycles. The van der Waals surface area contributed by atoms with Crippen LogP contribution >= 0.6 is 0 Å². The smallest absolute Gasteiger partial charge is 0.405 e. The van der Waals surface area contributed by atoms with Crippen LogP contribution in [0.3, 0.4) is 0 Å². The Labute approximate surface area is 183 Å². The van der Waals surface area contributed by atoms with Crippen LogP contribution in [0.25, 0.3) is 5.65 Å². The van der Waals surface area contributed by atoms with Crippen molar-refractivity contribution in [3.05, 3.63) is 53.9 Å². The van der Waals surface area contributed by atoms with Gasteiger partial charge >= 0.3 is 6.09 Å². The molecule has 0 unspecified atom stereocenters. The molecular weight excluding hydrogens is 420 g/mol. The number of benzene rings is 1. The average Bonchev–Trinajstić information content (AvgIpc) is 3.40. The third-order valence-electron chi connectivity index (χ3n) is 5.69. The van der Waals surface area contributed by atoms with E-state index in [0.29, 0.717) is 24.4 Å². The van der Waals surface area contributed by atoms with Crippen LogP contribution < -0.4 is 15.0 Å². The normalized spacial score (nSPS) is 17.2. The topological polar surface area (TPSA) is 92.0 Å². The predicted molar refractivity (Wildman–Crippen MR) is 114 cm³/mol. The van der Waals surface area contributed by atoms with E-state index in [9.17, 15) is 18.7 Å². The largest absolute Gasteiger partial charge is 0.413 e. The average molecular weight is 445 g/mol. The van der Waals surface area contributed by atoms with Gasteiger partial charge in [-0.15, -0.1) is 0 Å². The van der Waals surface area contributed by atoms with Crippen molar-refractivity contribution in [2.24, 2.45) is 5.92 Å². The van der Waals surface area contributed by atoms with Gasteiger partial charge in [-0.3, -0.25) is 0 Å². The van der Waals surface area contributed by atoms with Gasteiger partial charge in [-0.2, -0.15) is 5.10 Å². The summed E-state index contributed by atoms with van der Waals surface area (Å²) in [5.74, 6) is -0.228. The second kappa shape index (κ2) is 9.07. The van der Waals surface area contributed by atoms with Gasteiger partial charge in [0.05, 0.1) is 24.9 Å². The second-order valence-corrected chi connectivity index (χ2v) is 8.15. The Bertz CT molecular complexity index is 1120. The van der Waals surface area contributed by atoms with Crippen LogP contribution in [0.15, 0.2) is 36.7 Å². The van der Waals surface area contributed by atoms with Gasteiger partial charge in [0, 0.05) is 18.3 Å². The molecular formula is C22H25F2N5O3. The van der Waals surface area contributed by atoms with Crippen molar-refractivity contribution in [1.82, 2.24) is 19.9 Å². The fraction of sp³-hybridized carbons (Fsp3) is 0.409. The third-order valence-corrected chi connectivity index (χ3v) is 5.69. The van der Waals surface area contributed by atoms with Gasteiger partial charge in [0.15, 0.2) is 5.75 Å². The summed E-state index contributed by atoms with van der Waals surface area (Å²) in [6, 6.07) is 4.40. The summed E-state index contributed by atoms with van der Waals surface area (Å²) in [6.07, 6.45) is 3.79. The maximum Gasteiger partial charge on any atom is 0.413 e. The van der Waals surface area contributed by atoms with E-state index >= 15 is 0 Å². The first-order valence-electron chi connectivity index (χ1n) is 10.5. The Balaban J connectivity index is 1.59. The number of nitrogens with zero attached hydrogens (tertiary/aromatic N) is 4. The highest BCUT2D eigenvalue weighted by atomic mass is 19.1. The van der Waals surface area contributed by atoms with E-state index < -0.39 is 23.8 Å². The molecule has 0 saturated carbocycles. The molecule has 0 aliphatic carbocycles. The summed E-state index contributed by atoms with van der Waals surface area (Å²) in [4.78, 5) is 18.8. The number of nitrogens with one attached hydrogen (secondary N) is 1. The first kappa shape index (κ1) is 21.9. The molecule has 0 radical (unpaired) electrons. The summed E-state index contributed by atoms with van der Waals surface area (Å²) in [5, 5.41) is 16.2. The van der Waals surface area contributed by atoms with Crippen molar-refractivity contribution >= 4 is 17.6 Å². The zero-order valence-corrected chi connectivity index (χ0v) is 17.8. The lowest BCUT2D eigenvalue weighted by molar-refractivity contribution is 0.171. The van der Waals surface area contributed by atoms with Crippen molar-refractivity contribution in [1.29, 1.82) is 0 Å². The number of hydrogen-bond acceptors (Lipinski definition) is 6. The Morgan fingerprint density at radius 3 is 2.91 bits per heavy atom. The number of anilines is 1. The summed E-state index contributed by atoms with van der Waals surface area (Å²) < 4.78 is 35.0. The van der Waals surface area contributed by atoms with E-state index in [2.05, 4.69) is 15.4 Å². The van der Waals surface area contributed by atoms with Gasteiger partial charge in [0.25, 0.3) is 0 Å². The van der Waals surface area contributed by atoms with E-state index in [4.69, 9.17) is 4.74 Å². The standard InChI is InChI=1S/C22H25F2N5O3/c1-13(2)17(12-30)26-22(31)32-19-11-25-29-9-7-20(27-21(19)29)28-8-3-4-18(28)15-10-14(23)5-6-16(15)24/h5-7,9-11,13,17-18,30H,3-4,8,12H2,1-2H3,(H,26,31)/t17-,18-/m1/s1. The number of rotatable bonds is 6. The maximum atomic E-state index is 14.4. The molecule has 3 aromatic rings. The lowest BCUT2D eigenvalue weighted by atomic mass is 10.0. The molecule has 4 rings (SSSR count). The number of amides is 1. The number of ether oxygens (including phenoxy) is 1. The summed E-state index contributed by atoms with van der Waals surface area (Å²) in [6.45, 7) is 4.16. The number of carbonyl (C=O) groups excluding carboxylic acids is 1. The van der Waals surface area contributed by atoms with E-state index in [0.717, 1.165) is 18.6 Å². The van der Waals surface area contributed by atoms with Crippen LogP contribution in [0, 0.1) is 17.6 Å². The molecule has 10 heteroatoms. The highest BCUT2D eigenvalue weighted by molar-refractivity contribution is 5.73. The molecule has 1 amide bonds. The third kappa shape index (κ3) is 4.36. The van der Waals surface area contributed by atoms with Gasteiger partial charge in [0.1, 0.15) is 17.5 Å². The second-order valence-electron chi connectivity index (χ2n) is 8.15. The molecule has 1 saturated heterocycles. The highest BCUT2D eigenvalue weighted by Gasteiger charge is 2.30. The molecule has 0 spiro atoms. The van der Waals surface area contributed by atoms with Crippen LogP contribution in [0.4, 0.5) is 19.4 Å². The first-order valence-corrected chi connectivity index (χ1v) is 10.5. The van der Waals surface area contributed by atoms with E-state index in [1.165, 1.54) is 16.8 Å². The molecule has 170 valence electrons. The number of aliphatic hydroxyl groups is 1. The minimum absolute atomic E-state index is 0.0245. The minimum Gasteiger partial charge on any atom is -0.405 e. The monoisotopic (exact) mass is 445 g/mol. The molecule has 1 aliphatic rings. The number of hydrogen-bond donors (Lipinski definition) is 2. The summed E-state index contributed by atoms with van der Waals surface area (Å²) in [5.41, 5.74) is 0.602. The fourth-order valence-electron chi connectivity index (χ4n) is 3.91. The quantitative estimate of drug-likeness (QED) is 0.604. The van der Waals surface area contributed by atoms with Crippen LogP contribution in [-0.2, 0) is 0 Å². The van der Waals surface area contributed by atoms with Gasteiger partial charge in [0.2, 0.25) is 5.65 Å². The number of fused-ring (bicyclic) bond motifs is 1. The van der Waals surface area contributed by atoms with Crippen molar-refractivity contribution in [2.75, 3.05) is 18.1 Å². The molecule has 2 N–H and O–H groups in total. The van der Waals surface area contributed by atoms with E-state index in [1.807, 2.05) is 18.7 Å². The SMILES string of the molecule is CC(C)[C@@H](CO)NC(=O)Oc1cnn2ccc(N3CCC[C@@H]3c3cc(F)ccc3F)nc12. The van der Waals surface area contributed by atoms with Crippen molar-refractivity contribution in [3.63, 3.8) is 0 Å². The summed E-state index contributed by atoms with van der Waals surface area (Å²) >= 11 is 0. The predicted octanol–water partition coefficient (Wildman–Crippen LogP) is 3.45. The first-order chi connectivity index (χ1) is 15.4. The number of halogens is 2. The molecule has 1 aliphatic heterocycles. The molecule has 8 nitrogen and oxygen atoms in total. The molecule has 1 fully saturated rings. The number of aromatic nitrogens is 3. The van der Waals surface area contributed by atoms with Gasteiger partial charge in [-0.1, -0.05) is 13.8 Å². The van der Waals surface area contributed by atoms with E-state index in [1.54, 1.807) is 12.3 Å². The minimum atomic E-state index is -0.722. The molecule has 3 heterocycles. The summed E-state index contributed by atoms with van der Waals surface area (Å²) in [7, 11) is 0. The Kier molecular flexibility index (Phi) is 6.22. The number of aliphatic hydroxyl groups excluding tert-OH is 1. The van der Waals surface area contributed by atoms with Crippen molar-refractivity contribution in [2.45, 2.75) is 38.8 Å². The van der Waals surface area contributed by atoms with Crippen LogP contribution in [-0.4, -0.2) is 45.0 Å². The zero-order chi connectivity index (χ0) is 22.8. The molecule has 2 aromatic heterocycles. The van der Waals surface area contributed by atoms with E-state index in [-0.39, 0.29) is 29.9 Å². The van der Waals surface area contributed by atoms with Crippen LogP contribution in [0.1, 0.15) is 38.3 Å². The fourth-order valence-corrected chi connectivity index (χ4v) is 3.91. The van der Waals surface area contributed by atoms with Crippen molar-refractivity contribution < 1.29 is 23.4 Å². The Morgan fingerprint density at radius 1 is 1.34 bits per heavy atom. The Morgan fingerprint density at radius 2 is 2.16 bits per heavy atom. The molecule has 32 heavy (non-hydrogen) atoms. The van der Waals surface area contributed by atoms with Crippen LogP contribution in [0.5, 0.6) is 5.75 Å². The van der Waals surface area contributed by atoms with Gasteiger partial charge in [-0.25, -0.2) is 23.1 Å². The zero-order valence-electron chi connectivity index (χ0n) is 17.8. The number of carbonyl (C=O) groups is 1. The van der Waals surface area contributed by atoms with Crippen molar-refractivity contribution in [3.8, 4) is 5.75 Å². The lowest BCUT2D eigenvalue weighted by Crippen LogP contribution is -2.42. The molecule has 2 atom stereocenters. The highest BCUT2D eigenvalue weighted by Crippen LogP contribution is 2.37. The van der Waals surface area contributed by atoms with Gasteiger partial charge < -0.3 is 20.1 Å².